The van der Waals surface area contributed by atoms with Crippen LogP contribution in [0.5, 0.6) is 0 Å². The average Bonchev–Trinajstić information content (AvgIpc) is 2.72. The standard InChI is InChI=1S/C23H24N4O2/c1-16(14-22(28)24-20-10-12-21(13-11-20)27(2)3)25-26-23(29)19-9-8-17-6-4-5-7-18(17)15-19/h4-13,15H,14H2,1-3H3,(H,24,28)(H,26,29). The van der Waals surface area contributed by atoms with Crippen LogP contribution in [0.15, 0.2) is 71.8 Å². The number of nitrogens with one attached hydrogen (secondary N) is 2. The molecule has 148 valence electrons. The van der Waals surface area contributed by atoms with Crippen molar-refractivity contribution in [2.45, 2.75) is 13.3 Å². The van der Waals surface area contributed by atoms with E-state index in [1.807, 2.05) is 79.7 Å². The van der Waals surface area contributed by atoms with Crippen LogP contribution in [0.2, 0.25) is 0 Å². The summed E-state index contributed by atoms with van der Waals surface area (Å²) in [5, 5.41) is 8.93. The zero-order valence-electron chi connectivity index (χ0n) is 16.8. The Labute approximate surface area is 170 Å². The Balaban J connectivity index is 1.55. The number of carbonyl (C=O) groups excluding carboxylic acids is 2. The van der Waals surface area contributed by atoms with Crippen molar-refractivity contribution in [2.75, 3.05) is 24.3 Å². The molecule has 29 heavy (non-hydrogen) atoms. The average molecular weight is 388 g/mol. The van der Waals surface area contributed by atoms with Crippen LogP contribution in [0, 0.1) is 0 Å². The largest absolute Gasteiger partial charge is 0.378 e. The quantitative estimate of drug-likeness (QED) is 0.494. The number of benzene rings is 3. The van der Waals surface area contributed by atoms with Gasteiger partial charge in [-0.3, -0.25) is 9.59 Å². The third-order valence-corrected chi connectivity index (χ3v) is 4.44. The van der Waals surface area contributed by atoms with Gasteiger partial charge in [0.15, 0.2) is 0 Å². The number of hydrogen-bond donors (Lipinski definition) is 2. The molecule has 6 nitrogen and oxygen atoms in total. The van der Waals surface area contributed by atoms with Crippen molar-refractivity contribution < 1.29 is 9.59 Å². The topological polar surface area (TPSA) is 73.8 Å². The summed E-state index contributed by atoms with van der Waals surface area (Å²) in [4.78, 5) is 26.5. The van der Waals surface area contributed by atoms with Gasteiger partial charge in [-0.2, -0.15) is 5.10 Å². The number of rotatable bonds is 6. The Hall–Kier alpha value is -3.67. The summed E-state index contributed by atoms with van der Waals surface area (Å²) in [5.74, 6) is -0.501. The van der Waals surface area contributed by atoms with E-state index in [2.05, 4.69) is 15.8 Å². The van der Waals surface area contributed by atoms with Crippen molar-refractivity contribution in [1.29, 1.82) is 0 Å². The molecular formula is C23H24N4O2. The van der Waals surface area contributed by atoms with Crippen LogP contribution in [0.4, 0.5) is 11.4 Å². The normalized spacial score (nSPS) is 11.2. The van der Waals surface area contributed by atoms with Gasteiger partial charge in [-0.25, -0.2) is 5.43 Å². The predicted molar refractivity (Wildman–Crippen MR) is 119 cm³/mol. The molecule has 0 aliphatic carbocycles. The van der Waals surface area contributed by atoms with E-state index in [0.717, 1.165) is 16.5 Å². The predicted octanol–water partition coefficient (Wildman–Crippen LogP) is 4.04. The summed E-state index contributed by atoms with van der Waals surface area (Å²) in [6.07, 6.45) is 0.0907. The molecule has 0 aliphatic rings. The molecule has 0 heterocycles. The van der Waals surface area contributed by atoms with Gasteiger partial charge in [0.05, 0.1) is 6.42 Å². The first-order chi connectivity index (χ1) is 13.9. The SMILES string of the molecule is CC(CC(=O)Nc1ccc(N(C)C)cc1)=NNC(=O)c1ccc2ccccc2c1. The van der Waals surface area contributed by atoms with Crippen LogP contribution in [-0.4, -0.2) is 31.6 Å². The lowest BCUT2D eigenvalue weighted by molar-refractivity contribution is -0.115. The first-order valence-corrected chi connectivity index (χ1v) is 9.32. The Kier molecular flexibility index (Phi) is 6.24. The van der Waals surface area contributed by atoms with Crippen molar-refractivity contribution >= 4 is 39.7 Å². The molecule has 0 aliphatic heterocycles. The molecule has 2 amide bonds. The molecule has 0 radical (unpaired) electrons. The second-order valence-electron chi connectivity index (χ2n) is 7.02. The number of hydrogen-bond acceptors (Lipinski definition) is 4. The fourth-order valence-corrected chi connectivity index (χ4v) is 2.86. The van der Waals surface area contributed by atoms with Gasteiger partial charge >= 0.3 is 0 Å². The number of anilines is 2. The lowest BCUT2D eigenvalue weighted by Gasteiger charge is -2.13. The van der Waals surface area contributed by atoms with Crippen LogP contribution < -0.4 is 15.6 Å². The molecule has 2 N–H and O–H groups in total. The van der Waals surface area contributed by atoms with E-state index in [1.54, 1.807) is 13.0 Å². The highest BCUT2D eigenvalue weighted by atomic mass is 16.2. The van der Waals surface area contributed by atoms with Gasteiger partial charge in [-0.15, -0.1) is 0 Å². The van der Waals surface area contributed by atoms with Crippen molar-refractivity contribution in [3.63, 3.8) is 0 Å². The van der Waals surface area contributed by atoms with Crippen molar-refractivity contribution in [3.8, 4) is 0 Å². The van der Waals surface area contributed by atoms with Crippen molar-refractivity contribution in [2.24, 2.45) is 5.10 Å². The fourth-order valence-electron chi connectivity index (χ4n) is 2.86. The lowest BCUT2D eigenvalue weighted by atomic mass is 10.1. The summed E-state index contributed by atoms with van der Waals surface area (Å²) >= 11 is 0. The summed E-state index contributed by atoms with van der Waals surface area (Å²) in [6, 6.07) is 20.9. The van der Waals surface area contributed by atoms with Gasteiger partial charge in [0.1, 0.15) is 0 Å². The number of carbonyl (C=O) groups is 2. The van der Waals surface area contributed by atoms with Crippen molar-refractivity contribution in [3.05, 3.63) is 72.3 Å². The third-order valence-electron chi connectivity index (χ3n) is 4.44. The van der Waals surface area contributed by atoms with E-state index in [1.165, 1.54) is 0 Å². The minimum Gasteiger partial charge on any atom is -0.378 e. The first-order valence-electron chi connectivity index (χ1n) is 9.32. The molecule has 0 saturated carbocycles. The third kappa shape index (κ3) is 5.42. The Bertz CT molecular complexity index is 1060. The zero-order chi connectivity index (χ0) is 20.8. The van der Waals surface area contributed by atoms with Crippen molar-refractivity contribution in [1.82, 2.24) is 5.43 Å². The highest BCUT2D eigenvalue weighted by Gasteiger charge is 2.08. The molecule has 0 spiro atoms. The van der Waals surface area contributed by atoms with E-state index < -0.39 is 0 Å². The summed E-state index contributed by atoms with van der Waals surface area (Å²) in [7, 11) is 3.92. The van der Waals surface area contributed by atoms with Gasteiger partial charge in [0.2, 0.25) is 5.91 Å². The fraction of sp³-hybridized carbons (Fsp3) is 0.174. The Morgan fingerprint density at radius 1 is 0.931 bits per heavy atom. The highest BCUT2D eigenvalue weighted by molar-refractivity contribution is 6.06. The van der Waals surface area contributed by atoms with Gasteiger partial charge in [-0.05, 0) is 54.1 Å². The number of hydrazone groups is 1. The van der Waals surface area contributed by atoms with Crippen LogP contribution in [0.1, 0.15) is 23.7 Å². The minimum atomic E-state index is -0.310. The van der Waals surface area contributed by atoms with E-state index >= 15 is 0 Å². The Morgan fingerprint density at radius 2 is 1.62 bits per heavy atom. The monoisotopic (exact) mass is 388 g/mol. The smallest absolute Gasteiger partial charge is 0.271 e. The van der Waals surface area contributed by atoms with E-state index in [4.69, 9.17) is 0 Å². The molecular weight excluding hydrogens is 364 g/mol. The van der Waals surface area contributed by atoms with Gasteiger partial charge in [-0.1, -0.05) is 30.3 Å². The zero-order valence-corrected chi connectivity index (χ0v) is 16.8. The van der Waals surface area contributed by atoms with Gasteiger partial charge in [0, 0.05) is 36.7 Å². The second kappa shape index (κ2) is 9.01. The molecule has 3 aromatic carbocycles. The van der Waals surface area contributed by atoms with Crippen LogP contribution >= 0.6 is 0 Å². The van der Waals surface area contributed by atoms with E-state index in [9.17, 15) is 9.59 Å². The number of amides is 2. The summed E-state index contributed by atoms with van der Waals surface area (Å²) < 4.78 is 0. The Morgan fingerprint density at radius 3 is 2.31 bits per heavy atom. The summed E-state index contributed by atoms with van der Waals surface area (Å²) in [6.45, 7) is 1.70. The summed E-state index contributed by atoms with van der Waals surface area (Å²) in [5.41, 5.74) is 5.32. The molecule has 0 bridgehead atoms. The molecule has 3 aromatic rings. The number of nitrogens with zero attached hydrogens (tertiary/aromatic N) is 2. The van der Waals surface area contributed by atoms with Crippen LogP contribution in [-0.2, 0) is 4.79 Å². The first kappa shape index (κ1) is 20.1. The van der Waals surface area contributed by atoms with Gasteiger partial charge < -0.3 is 10.2 Å². The maximum atomic E-state index is 12.3. The minimum absolute atomic E-state index is 0.0907. The van der Waals surface area contributed by atoms with E-state index in [-0.39, 0.29) is 18.2 Å². The van der Waals surface area contributed by atoms with Gasteiger partial charge in [0.25, 0.3) is 5.91 Å². The van der Waals surface area contributed by atoms with Crippen LogP contribution in [0.3, 0.4) is 0 Å². The molecule has 0 saturated heterocycles. The maximum absolute atomic E-state index is 12.3. The van der Waals surface area contributed by atoms with Crippen LogP contribution in [0.25, 0.3) is 10.8 Å². The molecule has 0 fully saturated rings. The molecule has 0 aromatic heterocycles. The molecule has 3 rings (SSSR count). The molecule has 6 heteroatoms. The van der Waals surface area contributed by atoms with E-state index in [0.29, 0.717) is 17.0 Å². The second-order valence-corrected chi connectivity index (χ2v) is 7.02. The lowest BCUT2D eigenvalue weighted by Crippen LogP contribution is -2.21. The highest BCUT2D eigenvalue weighted by Crippen LogP contribution is 2.16. The molecule has 0 atom stereocenters. The molecule has 0 unspecified atom stereocenters. The maximum Gasteiger partial charge on any atom is 0.271 e. The number of fused-ring (bicyclic) bond motifs is 1.